The van der Waals surface area contributed by atoms with Crippen LogP contribution in [0.3, 0.4) is 0 Å². The van der Waals surface area contributed by atoms with Crippen LogP contribution < -0.4 is 10.6 Å². The fourth-order valence-electron chi connectivity index (χ4n) is 1.55. The van der Waals surface area contributed by atoms with Crippen molar-refractivity contribution in [2.24, 2.45) is 5.73 Å². The second-order valence-electron chi connectivity index (χ2n) is 4.21. The van der Waals surface area contributed by atoms with Gasteiger partial charge in [-0.2, -0.15) is 0 Å². The van der Waals surface area contributed by atoms with Gasteiger partial charge in [0.05, 0.1) is 37.4 Å². The summed E-state index contributed by atoms with van der Waals surface area (Å²) in [6.07, 6.45) is 2.72. The number of rotatable bonds is 8. The minimum Gasteiger partial charge on any atom is -0.394 e. The highest BCUT2D eigenvalue weighted by Crippen LogP contribution is 2.15. The highest BCUT2D eigenvalue weighted by molar-refractivity contribution is 5.43. The zero-order valence-corrected chi connectivity index (χ0v) is 11.2. The molecule has 0 aromatic carbocycles. The standard InChI is InChI=1S/C13H23N3O2/c1-3-12(14)13-5-4-11(10-15-13)16(2)6-8-18-9-7-17/h4-5,10,12,17H,3,6-9,14H2,1-2H3/t12-/m0/s1. The van der Waals surface area contributed by atoms with Crippen LogP contribution in [0.2, 0.25) is 0 Å². The number of pyridine rings is 1. The number of likely N-dealkylation sites (N-methyl/N-ethyl adjacent to an activating group) is 1. The van der Waals surface area contributed by atoms with Gasteiger partial charge in [-0.15, -0.1) is 0 Å². The van der Waals surface area contributed by atoms with Crippen molar-refractivity contribution in [3.63, 3.8) is 0 Å². The normalized spacial score (nSPS) is 12.4. The Morgan fingerprint density at radius 3 is 2.78 bits per heavy atom. The molecule has 3 N–H and O–H groups in total. The number of aliphatic hydroxyl groups is 1. The predicted octanol–water partition coefficient (Wildman–Crippen LogP) is 0.936. The summed E-state index contributed by atoms with van der Waals surface area (Å²) in [6.45, 7) is 3.85. The van der Waals surface area contributed by atoms with Crippen LogP contribution in [-0.2, 0) is 4.74 Å². The van der Waals surface area contributed by atoms with Crippen molar-refractivity contribution in [2.75, 3.05) is 38.3 Å². The summed E-state index contributed by atoms with van der Waals surface area (Å²) in [6, 6.07) is 4.00. The van der Waals surface area contributed by atoms with Crippen molar-refractivity contribution in [2.45, 2.75) is 19.4 Å². The Morgan fingerprint density at radius 2 is 2.22 bits per heavy atom. The van der Waals surface area contributed by atoms with Gasteiger partial charge >= 0.3 is 0 Å². The molecule has 0 amide bonds. The van der Waals surface area contributed by atoms with Crippen LogP contribution in [0.25, 0.3) is 0 Å². The first-order valence-electron chi connectivity index (χ1n) is 6.30. The molecule has 1 rings (SSSR count). The first-order chi connectivity index (χ1) is 8.69. The highest BCUT2D eigenvalue weighted by Gasteiger charge is 2.06. The Labute approximate surface area is 109 Å². The van der Waals surface area contributed by atoms with Crippen LogP contribution in [0.4, 0.5) is 5.69 Å². The lowest BCUT2D eigenvalue weighted by atomic mass is 10.1. The van der Waals surface area contributed by atoms with E-state index >= 15 is 0 Å². The maximum atomic E-state index is 8.59. The van der Waals surface area contributed by atoms with Crippen LogP contribution >= 0.6 is 0 Å². The molecule has 0 spiro atoms. The number of hydrogen-bond acceptors (Lipinski definition) is 5. The van der Waals surface area contributed by atoms with Gasteiger partial charge < -0.3 is 20.5 Å². The Morgan fingerprint density at radius 1 is 1.44 bits per heavy atom. The van der Waals surface area contributed by atoms with Gasteiger partial charge in [0.15, 0.2) is 0 Å². The van der Waals surface area contributed by atoms with Crippen molar-refractivity contribution < 1.29 is 9.84 Å². The van der Waals surface area contributed by atoms with Gasteiger partial charge in [-0.05, 0) is 18.6 Å². The molecular weight excluding hydrogens is 230 g/mol. The SMILES string of the molecule is CC[C@H](N)c1ccc(N(C)CCOCCO)cn1. The van der Waals surface area contributed by atoms with Crippen LogP contribution in [0.5, 0.6) is 0 Å². The van der Waals surface area contributed by atoms with Gasteiger partial charge in [0, 0.05) is 19.6 Å². The molecule has 0 saturated heterocycles. The maximum Gasteiger partial charge on any atom is 0.0698 e. The zero-order valence-electron chi connectivity index (χ0n) is 11.2. The third-order valence-electron chi connectivity index (χ3n) is 2.84. The number of nitrogens with zero attached hydrogens (tertiary/aromatic N) is 2. The average Bonchev–Trinajstić information content (AvgIpc) is 2.42. The Balaban J connectivity index is 2.46. The molecule has 1 heterocycles. The van der Waals surface area contributed by atoms with Crippen molar-refractivity contribution in [1.29, 1.82) is 0 Å². The molecule has 0 fully saturated rings. The van der Waals surface area contributed by atoms with Crippen molar-refractivity contribution in [1.82, 2.24) is 4.98 Å². The summed E-state index contributed by atoms with van der Waals surface area (Å²) in [7, 11) is 1.98. The quantitative estimate of drug-likeness (QED) is 0.675. The van der Waals surface area contributed by atoms with E-state index in [0.29, 0.717) is 13.2 Å². The number of ether oxygens (including phenoxy) is 1. The number of nitrogens with two attached hydrogens (primary N) is 1. The largest absolute Gasteiger partial charge is 0.394 e. The fraction of sp³-hybridized carbons (Fsp3) is 0.615. The zero-order chi connectivity index (χ0) is 13.4. The van der Waals surface area contributed by atoms with Gasteiger partial charge in [-0.25, -0.2) is 0 Å². The smallest absolute Gasteiger partial charge is 0.0698 e. The highest BCUT2D eigenvalue weighted by atomic mass is 16.5. The molecule has 1 aromatic rings. The summed E-state index contributed by atoms with van der Waals surface area (Å²) in [5.74, 6) is 0. The molecule has 0 aliphatic heterocycles. The van der Waals surface area contributed by atoms with E-state index in [-0.39, 0.29) is 12.6 Å². The van der Waals surface area contributed by atoms with Gasteiger partial charge in [0.2, 0.25) is 0 Å². The van der Waals surface area contributed by atoms with E-state index < -0.39 is 0 Å². The molecule has 0 aliphatic rings. The van der Waals surface area contributed by atoms with Gasteiger partial charge in [0.1, 0.15) is 0 Å². The summed E-state index contributed by atoms with van der Waals surface area (Å²) in [4.78, 5) is 6.43. The Hall–Kier alpha value is -1.17. The summed E-state index contributed by atoms with van der Waals surface area (Å²) >= 11 is 0. The van der Waals surface area contributed by atoms with E-state index in [0.717, 1.165) is 24.3 Å². The van der Waals surface area contributed by atoms with Gasteiger partial charge in [-0.3, -0.25) is 4.98 Å². The molecule has 0 aliphatic carbocycles. The Bertz CT molecular complexity index is 330. The maximum absolute atomic E-state index is 8.59. The lowest BCUT2D eigenvalue weighted by Gasteiger charge is -2.19. The number of aliphatic hydroxyl groups excluding tert-OH is 1. The minimum atomic E-state index is 0.0113. The first-order valence-corrected chi connectivity index (χ1v) is 6.30. The number of anilines is 1. The molecule has 1 atom stereocenters. The molecule has 0 saturated carbocycles. The van der Waals surface area contributed by atoms with Gasteiger partial charge in [0.25, 0.3) is 0 Å². The van der Waals surface area contributed by atoms with E-state index in [1.807, 2.05) is 32.3 Å². The van der Waals surface area contributed by atoms with Crippen LogP contribution in [0.15, 0.2) is 18.3 Å². The van der Waals surface area contributed by atoms with Gasteiger partial charge in [-0.1, -0.05) is 6.92 Å². The predicted molar refractivity (Wildman–Crippen MR) is 72.6 cm³/mol. The summed E-state index contributed by atoms with van der Waals surface area (Å²) in [5, 5.41) is 8.59. The fourth-order valence-corrected chi connectivity index (χ4v) is 1.55. The molecule has 0 radical (unpaired) electrons. The van der Waals surface area contributed by atoms with E-state index in [9.17, 15) is 0 Å². The van der Waals surface area contributed by atoms with Crippen LogP contribution in [-0.4, -0.2) is 43.5 Å². The third kappa shape index (κ3) is 4.60. The summed E-state index contributed by atoms with van der Waals surface area (Å²) < 4.78 is 5.22. The molecule has 18 heavy (non-hydrogen) atoms. The Kier molecular flexibility index (Phi) is 6.64. The molecule has 102 valence electrons. The number of hydrogen-bond donors (Lipinski definition) is 2. The molecule has 0 bridgehead atoms. The lowest BCUT2D eigenvalue weighted by Crippen LogP contribution is -2.23. The topological polar surface area (TPSA) is 71.6 Å². The van der Waals surface area contributed by atoms with Crippen molar-refractivity contribution >= 4 is 5.69 Å². The molecule has 1 aromatic heterocycles. The molecule has 5 nitrogen and oxygen atoms in total. The van der Waals surface area contributed by atoms with E-state index in [4.69, 9.17) is 15.6 Å². The second-order valence-corrected chi connectivity index (χ2v) is 4.21. The van der Waals surface area contributed by atoms with E-state index in [1.54, 1.807) is 0 Å². The van der Waals surface area contributed by atoms with E-state index in [1.165, 1.54) is 0 Å². The number of aromatic nitrogens is 1. The molecular formula is C13H23N3O2. The third-order valence-corrected chi connectivity index (χ3v) is 2.84. The van der Waals surface area contributed by atoms with E-state index in [2.05, 4.69) is 9.88 Å². The first kappa shape index (κ1) is 14.9. The van der Waals surface area contributed by atoms with Crippen molar-refractivity contribution in [3.05, 3.63) is 24.0 Å². The molecule has 0 unspecified atom stereocenters. The minimum absolute atomic E-state index is 0.0113. The van der Waals surface area contributed by atoms with Crippen LogP contribution in [0.1, 0.15) is 25.1 Å². The van der Waals surface area contributed by atoms with Crippen molar-refractivity contribution in [3.8, 4) is 0 Å². The van der Waals surface area contributed by atoms with Crippen LogP contribution in [0, 0.1) is 0 Å². The monoisotopic (exact) mass is 253 g/mol. The molecule has 5 heteroatoms. The second kappa shape index (κ2) is 8.02. The average molecular weight is 253 g/mol. The summed E-state index contributed by atoms with van der Waals surface area (Å²) in [5.41, 5.74) is 7.87. The lowest BCUT2D eigenvalue weighted by molar-refractivity contribution is 0.0971.